The van der Waals surface area contributed by atoms with E-state index in [0.29, 0.717) is 23.6 Å². The van der Waals surface area contributed by atoms with E-state index in [0.717, 1.165) is 5.56 Å². The summed E-state index contributed by atoms with van der Waals surface area (Å²) in [4.78, 5) is 0. The zero-order chi connectivity index (χ0) is 10.4. The van der Waals surface area contributed by atoms with Crippen LogP contribution < -0.4 is 0 Å². The summed E-state index contributed by atoms with van der Waals surface area (Å²) >= 11 is 9.08. The highest BCUT2D eigenvalue weighted by Gasteiger charge is 2.03. The van der Waals surface area contributed by atoms with Gasteiger partial charge in [-0.15, -0.1) is 0 Å². The number of benzene rings is 1. The Morgan fingerprint density at radius 2 is 2.14 bits per heavy atom. The van der Waals surface area contributed by atoms with Crippen LogP contribution in [0.25, 0.3) is 0 Å². The lowest BCUT2D eigenvalue weighted by Crippen LogP contribution is -2.16. The number of alkyl halides is 1. The molecule has 14 heavy (non-hydrogen) atoms. The van der Waals surface area contributed by atoms with Crippen LogP contribution >= 0.6 is 27.5 Å². The molecule has 1 atom stereocenters. The summed E-state index contributed by atoms with van der Waals surface area (Å²) in [5.41, 5.74) is 0.941. The predicted octanol–water partition coefficient (Wildman–Crippen LogP) is 2.61. The van der Waals surface area contributed by atoms with E-state index >= 15 is 0 Å². The van der Waals surface area contributed by atoms with Gasteiger partial charge >= 0.3 is 0 Å². The molecule has 1 rings (SSSR count). The van der Waals surface area contributed by atoms with Crippen molar-refractivity contribution in [3.8, 4) is 0 Å². The molecule has 0 amide bonds. The highest BCUT2D eigenvalue weighted by Crippen LogP contribution is 2.15. The monoisotopic (exact) mass is 278 g/mol. The first-order valence-corrected chi connectivity index (χ1v) is 5.79. The Hall–Kier alpha value is -0.0900. The second-order valence-corrected chi connectivity index (χ2v) is 3.97. The first-order valence-electron chi connectivity index (χ1n) is 4.29. The number of ether oxygens (including phenoxy) is 1. The van der Waals surface area contributed by atoms with Crippen molar-refractivity contribution in [3.63, 3.8) is 0 Å². The minimum Gasteiger partial charge on any atom is -0.390 e. The summed E-state index contributed by atoms with van der Waals surface area (Å²) < 4.78 is 5.29. The Balaban J connectivity index is 2.35. The molecular weight excluding hydrogens is 267 g/mol. The molecule has 0 spiro atoms. The van der Waals surface area contributed by atoms with Crippen molar-refractivity contribution in [2.75, 3.05) is 11.9 Å². The Bertz CT molecular complexity index is 281. The molecule has 0 aliphatic carbocycles. The number of hydrogen-bond acceptors (Lipinski definition) is 2. The van der Waals surface area contributed by atoms with E-state index in [9.17, 15) is 5.11 Å². The summed E-state index contributed by atoms with van der Waals surface area (Å²) in [6.45, 7) is 0.750. The molecule has 1 unspecified atom stereocenters. The van der Waals surface area contributed by atoms with Gasteiger partial charge in [0.15, 0.2) is 0 Å². The van der Waals surface area contributed by atoms with Gasteiger partial charge in [0.2, 0.25) is 0 Å². The third kappa shape index (κ3) is 3.96. The third-order valence-corrected chi connectivity index (χ3v) is 2.82. The van der Waals surface area contributed by atoms with Crippen LogP contribution in [0, 0.1) is 0 Å². The van der Waals surface area contributed by atoms with Gasteiger partial charge in [0.25, 0.3) is 0 Å². The van der Waals surface area contributed by atoms with Gasteiger partial charge in [0.1, 0.15) is 0 Å². The largest absolute Gasteiger partial charge is 0.390 e. The maximum Gasteiger partial charge on any atom is 0.0870 e. The van der Waals surface area contributed by atoms with Crippen molar-refractivity contribution in [1.82, 2.24) is 0 Å². The lowest BCUT2D eigenvalue weighted by Gasteiger charge is -2.08. The van der Waals surface area contributed by atoms with Crippen molar-refractivity contribution >= 4 is 27.5 Å². The molecule has 4 heteroatoms. The second kappa shape index (κ2) is 6.40. The van der Waals surface area contributed by atoms with Crippen LogP contribution in [0.5, 0.6) is 0 Å². The average molecular weight is 280 g/mol. The summed E-state index contributed by atoms with van der Waals surface area (Å²) in [7, 11) is 0. The van der Waals surface area contributed by atoms with Crippen molar-refractivity contribution in [1.29, 1.82) is 0 Å². The van der Waals surface area contributed by atoms with Gasteiger partial charge in [0, 0.05) is 10.4 Å². The Morgan fingerprint density at radius 1 is 1.43 bits per heavy atom. The molecular formula is C10H12BrClO2. The number of aliphatic hydroxyl groups excluding tert-OH is 1. The summed E-state index contributed by atoms with van der Waals surface area (Å²) in [5.74, 6) is 0. The smallest absolute Gasteiger partial charge is 0.0870 e. The van der Waals surface area contributed by atoms with E-state index in [1.165, 1.54) is 0 Å². The van der Waals surface area contributed by atoms with Crippen LogP contribution in [-0.4, -0.2) is 23.1 Å². The maximum absolute atomic E-state index is 9.20. The normalized spacial score (nSPS) is 12.8. The fraction of sp³-hybridized carbons (Fsp3) is 0.400. The molecule has 0 radical (unpaired) electrons. The fourth-order valence-electron chi connectivity index (χ4n) is 0.965. The molecule has 1 aromatic carbocycles. The average Bonchev–Trinajstić information content (AvgIpc) is 2.20. The highest BCUT2D eigenvalue weighted by atomic mass is 79.9. The third-order valence-electron chi connectivity index (χ3n) is 1.70. The molecule has 0 bridgehead atoms. The fourth-order valence-corrected chi connectivity index (χ4v) is 1.34. The Labute approximate surface area is 97.0 Å². The van der Waals surface area contributed by atoms with Crippen LogP contribution in [-0.2, 0) is 11.3 Å². The quantitative estimate of drug-likeness (QED) is 0.840. The SMILES string of the molecule is OC(CBr)COCc1ccccc1Cl. The lowest BCUT2D eigenvalue weighted by molar-refractivity contribution is 0.0403. The van der Waals surface area contributed by atoms with Gasteiger partial charge in [0.05, 0.1) is 19.3 Å². The van der Waals surface area contributed by atoms with Gasteiger partial charge in [-0.1, -0.05) is 45.7 Å². The number of aliphatic hydroxyl groups is 1. The summed E-state index contributed by atoms with van der Waals surface area (Å²) in [6, 6.07) is 7.51. The molecule has 1 aromatic rings. The van der Waals surface area contributed by atoms with Crippen LogP contribution in [0.1, 0.15) is 5.56 Å². The van der Waals surface area contributed by atoms with Crippen molar-refractivity contribution in [2.45, 2.75) is 12.7 Å². The predicted molar refractivity (Wildman–Crippen MR) is 60.9 cm³/mol. The topological polar surface area (TPSA) is 29.5 Å². The molecule has 0 saturated heterocycles. The van der Waals surface area contributed by atoms with Crippen LogP contribution in [0.4, 0.5) is 0 Å². The highest BCUT2D eigenvalue weighted by molar-refractivity contribution is 9.09. The van der Waals surface area contributed by atoms with Gasteiger partial charge in [-0.2, -0.15) is 0 Å². The van der Waals surface area contributed by atoms with Crippen molar-refractivity contribution < 1.29 is 9.84 Å². The van der Waals surface area contributed by atoms with E-state index in [4.69, 9.17) is 16.3 Å². The van der Waals surface area contributed by atoms with E-state index in [2.05, 4.69) is 15.9 Å². The standard InChI is InChI=1S/C10H12BrClO2/c11-5-9(13)7-14-6-8-3-1-2-4-10(8)12/h1-4,9,13H,5-7H2. The van der Waals surface area contributed by atoms with Gasteiger partial charge in [-0.3, -0.25) is 0 Å². The first kappa shape index (κ1) is 12.0. The minimum atomic E-state index is -0.461. The minimum absolute atomic E-state index is 0.316. The molecule has 78 valence electrons. The van der Waals surface area contributed by atoms with Gasteiger partial charge in [-0.25, -0.2) is 0 Å². The maximum atomic E-state index is 9.20. The zero-order valence-electron chi connectivity index (χ0n) is 7.62. The molecule has 0 fully saturated rings. The molecule has 0 saturated carbocycles. The lowest BCUT2D eigenvalue weighted by atomic mass is 10.2. The van der Waals surface area contributed by atoms with E-state index in [-0.39, 0.29) is 0 Å². The molecule has 1 N–H and O–H groups in total. The summed E-state index contributed by atoms with van der Waals surface area (Å²) in [5, 5.41) is 10.4. The number of hydrogen-bond donors (Lipinski definition) is 1. The van der Waals surface area contributed by atoms with Gasteiger partial charge in [-0.05, 0) is 11.6 Å². The molecule has 0 aliphatic heterocycles. The molecule has 2 nitrogen and oxygen atoms in total. The number of halogens is 2. The van der Waals surface area contributed by atoms with Crippen molar-refractivity contribution in [3.05, 3.63) is 34.9 Å². The Kier molecular flexibility index (Phi) is 5.48. The summed E-state index contributed by atoms with van der Waals surface area (Å²) in [6.07, 6.45) is -0.461. The van der Waals surface area contributed by atoms with E-state index in [1.54, 1.807) is 0 Å². The van der Waals surface area contributed by atoms with Crippen LogP contribution in [0.3, 0.4) is 0 Å². The molecule has 0 heterocycles. The van der Waals surface area contributed by atoms with E-state index < -0.39 is 6.10 Å². The first-order chi connectivity index (χ1) is 6.74. The van der Waals surface area contributed by atoms with Crippen molar-refractivity contribution in [2.24, 2.45) is 0 Å². The zero-order valence-corrected chi connectivity index (χ0v) is 9.96. The second-order valence-electron chi connectivity index (χ2n) is 2.91. The Morgan fingerprint density at radius 3 is 2.79 bits per heavy atom. The number of rotatable bonds is 5. The molecule has 0 aliphatic rings. The van der Waals surface area contributed by atoms with E-state index in [1.807, 2.05) is 24.3 Å². The van der Waals surface area contributed by atoms with Crippen LogP contribution in [0.2, 0.25) is 5.02 Å². The van der Waals surface area contributed by atoms with Crippen LogP contribution in [0.15, 0.2) is 24.3 Å². The molecule has 0 aromatic heterocycles. The van der Waals surface area contributed by atoms with Gasteiger partial charge < -0.3 is 9.84 Å².